The van der Waals surface area contributed by atoms with Crippen molar-refractivity contribution >= 4 is 27.5 Å². The zero-order chi connectivity index (χ0) is 24.3. The van der Waals surface area contributed by atoms with Crippen LogP contribution in [0.25, 0.3) is 0 Å². The van der Waals surface area contributed by atoms with Gasteiger partial charge in [-0.3, -0.25) is 14.6 Å². The van der Waals surface area contributed by atoms with E-state index < -0.39 is 27.9 Å². The van der Waals surface area contributed by atoms with Gasteiger partial charge in [-0.25, -0.2) is 13.3 Å². The summed E-state index contributed by atoms with van der Waals surface area (Å²) in [5, 5.41) is 9.00. The lowest BCUT2D eigenvalue weighted by atomic mass is 10.2. The van der Waals surface area contributed by atoms with Crippen LogP contribution in [0.3, 0.4) is 0 Å². The number of rotatable bonds is 7. The number of carbonyl (C=O) groups is 2. The molecule has 4 rings (SSSR count). The van der Waals surface area contributed by atoms with E-state index in [0.29, 0.717) is 16.9 Å². The van der Waals surface area contributed by atoms with E-state index in [0.717, 1.165) is 9.21 Å². The smallest absolute Gasteiger partial charge is 0.252 e. The molecule has 2 aromatic carbocycles. The monoisotopic (exact) mass is 476 g/mol. The number of methoxy groups -OCH3 is 1. The van der Waals surface area contributed by atoms with E-state index >= 15 is 0 Å². The zero-order valence-electron chi connectivity index (χ0n) is 18.2. The highest BCUT2D eigenvalue weighted by Crippen LogP contribution is 2.31. The molecule has 34 heavy (non-hydrogen) atoms. The number of anilines is 1. The quantitative estimate of drug-likeness (QED) is 0.480. The molecule has 1 fully saturated rings. The average molecular weight is 477 g/mol. The third-order valence-electron chi connectivity index (χ3n) is 5.45. The van der Waals surface area contributed by atoms with Gasteiger partial charge in [-0.15, -0.1) is 0 Å². The summed E-state index contributed by atoms with van der Waals surface area (Å²) < 4.78 is 33.4. The van der Waals surface area contributed by atoms with Gasteiger partial charge in [0.05, 0.1) is 35.7 Å². The van der Waals surface area contributed by atoms with Gasteiger partial charge in [0.2, 0.25) is 15.9 Å². The molecule has 0 radical (unpaired) electrons. The molecule has 0 bridgehead atoms. The lowest BCUT2D eigenvalue weighted by Gasteiger charge is -2.27. The molecule has 3 aromatic rings. The van der Waals surface area contributed by atoms with E-state index in [4.69, 9.17) is 10.00 Å². The summed E-state index contributed by atoms with van der Waals surface area (Å²) >= 11 is 0. The van der Waals surface area contributed by atoms with Crippen LogP contribution in [0.5, 0.6) is 5.75 Å². The van der Waals surface area contributed by atoms with Gasteiger partial charge in [-0.1, -0.05) is 6.07 Å². The number of pyridine rings is 1. The van der Waals surface area contributed by atoms with Crippen molar-refractivity contribution in [1.29, 1.82) is 5.26 Å². The Morgan fingerprint density at radius 3 is 2.41 bits per heavy atom. The van der Waals surface area contributed by atoms with E-state index in [1.165, 1.54) is 61.8 Å². The van der Waals surface area contributed by atoms with Gasteiger partial charge in [0.15, 0.2) is 0 Å². The summed E-state index contributed by atoms with van der Waals surface area (Å²) in [6, 6.07) is 15.9. The Kier molecular flexibility index (Phi) is 6.40. The number of carbonyl (C=O) groups excluding carboxylic acids is 2. The second-order valence-corrected chi connectivity index (χ2v) is 9.42. The normalized spacial score (nSPS) is 16.0. The molecule has 0 spiro atoms. The molecular weight excluding hydrogens is 456 g/mol. The topological polar surface area (TPSA) is 121 Å². The number of aromatic nitrogens is 1. The van der Waals surface area contributed by atoms with Gasteiger partial charge < -0.3 is 4.74 Å². The molecule has 0 aliphatic carbocycles. The number of ether oxygens (including phenoxy) is 1. The molecule has 9 nitrogen and oxygen atoms in total. The van der Waals surface area contributed by atoms with Crippen LogP contribution in [0.4, 0.5) is 5.69 Å². The standard InChI is InChI=1S/C24H20N4O5S/c1-33-20-8-10-21(11-9-20)34(31,32)27(16-18-3-2-12-26-15-18)22-13-23(29)28(24(22)30)19-6-4-17(14-25)5-7-19/h2-12,15,22H,13,16H2,1H3. The highest BCUT2D eigenvalue weighted by atomic mass is 32.2. The first-order valence-corrected chi connectivity index (χ1v) is 11.7. The fourth-order valence-corrected chi connectivity index (χ4v) is 5.28. The fourth-order valence-electron chi connectivity index (χ4n) is 3.71. The van der Waals surface area contributed by atoms with Crippen LogP contribution in [0.15, 0.2) is 78.0 Å². The molecule has 1 atom stereocenters. The highest BCUT2D eigenvalue weighted by Gasteiger charge is 2.47. The fraction of sp³-hybridized carbons (Fsp3) is 0.167. The summed E-state index contributed by atoms with van der Waals surface area (Å²) in [6.07, 6.45) is 2.76. The second-order valence-electron chi connectivity index (χ2n) is 7.53. The van der Waals surface area contributed by atoms with Crippen LogP contribution in [-0.2, 0) is 26.2 Å². The minimum atomic E-state index is -4.17. The molecule has 2 amide bonds. The van der Waals surface area contributed by atoms with Crippen molar-refractivity contribution < 1.29 is 22.7 Å². The van der Waals surface area contributed by atoms with Crippen molar-refractivity contribution in [2.45, 2.75) is 23.9 Å². The van der Waals surface area contributed by atoms with Crippen LogP contribution < -0.4 is 9.64 Å². The maximum atomic E-state index is 13.6. The first-order chi connectivity index (χ1) is 16.3. The van der Waals surface area contributed by atoms with Gasteiger partial charge in [-0.05, 0) is 60.2 Å². The number of imide groups is 1. The predicted octanol–water partition coefficient (Wildman–Crippen LogP) is 2.48. The number of amides is 2. The maximum Gasteiger partial charge on any atom is 0.252 e. The predicted molar refractivity (Wildman–Crippen MR) is 122 cm³/mol. The average Bonchev–Trinajstić information content (AvgIpc) is 3.16. The molecule has 1 aliphatic heterocycles. The summed E-state index contributed by atoms with van der Waals surface area (Å²) in [4.78, 5) is 31.2. The van der Waals surface area contributed by atoms with Gasteiger partial charge in [0.25, 0.3) is 5.91 Å². The van der Waals surface area contributed by atoms with Crippen LogP contribution in [-0.4, -0.2) is 42.7 Å². The van der Waals surface area contributed by atoms with Crippen LogP contribution in [0, 0.1) is 11.3 Å². The molecule has 0 N–H and O–H groups in total. The van der Waals surface area contributed by atoms with Gasteiger partial charge in [0, 0.05) is 18.9 Å². The summed E-state index contributed by atoms with van der Waals surface area (Å²) in [5.74, 6) is -0.701. The van der Waals surface area contributed by atoms with Crippen molar-refractivity contribution in [2.75, 3.05) is 12.0 Å². The minimum Gasteiger partial charge on any atom is -0.497 e. The Bertz CT molecular complexity index is 1350. The highest BCUT2D eigenvalue weighted by molar-refractivity contribution is 7.89. The Balaban J connectivity index is 1.73. The molecule has 1 unspecified atom stereocenters. The van der Waals surface area contributed by atoms with Gasteiger partial charge >= 0.3 is 0 Å². The van der Waals surface area contributed by atoms with Gasteiger partial charge in [-0.2, -0.15) is 9.57 Å². The van der Waals surface area contributed by atoms with Crippen LogP contribution >= 0.6 is 0 Å². The Labute approximate surface area is 196 Å². The molecular formula is C24H20N4O5S. The first kappa shape index (κ1) is 23.1. The lowest BCUT2D eigenvalue weighted by molar-refractivity contribution is -0.122. The maximum absolute atomic E-state index is 13.6. The zero-order valence-corrected chi connectivity index (χ0v) is 19.0. The Hall–Kier alpha value is -4.07. The molecule has 0 saturated carbocycles. The third-order valence-corrected chi connectivity index (χ3v) is 7.32. The van der Waals surface area contributed by atoms with Gasteiger partial charge in [0.1, 0.15) is 11.8 Å². The largest absolute Gasteiger partial charge is 0.497 e. The first-order valence-electron chi connectivity index (χ1n) is 10.3. The minimum absolute atomic E-state index is 0.0331. The van der Waals surface area contributed by atoms with Crippen molar-refractivity contribution in [3.63, 3.8) is 0 Å². The summed E-state index contributed by atoms with van der Waals surface area (Å²) in [5.41, 5.74) is 1.22. The van der Waals surface area contributed by atoms with Crippen molar-refractivity contribution in [1.82, 2.24) is 9.29 Å². The summed E-state index contributed by atoms with van der Waals surface area (Å²) in [7, 11) is -2.70. The number of nitriles is 1. The van der Waals surface area contributed by atoms with E-state index in [-0.39, 0.29) is 23.5 Å². The number of benzene rings is 2. The number of sulfonamides is 1. The molecule has 1 saturated heterocycles. The number of hydrogen-bond acceptors (Lipinski definition) is 7. The van der Waals surface area contributed by atoms with E-state index in [1.807, 2.05) is 6.07 Å². The van der Waals surface area contributed by atoms with Crippen LogP contribution in [0.2, 0.25) is 0 Å². The van der Waals surface area contributed by atoms with Crippen molar-refractivity contribution in [3.05, 3.63) is 84.2 Å². The van der Waals surface area contributed by atoms with Crippen molar-refractivity contribution in [2.24, 2.45) is 0 Å². The SMILES string of the molecule is COc1ccc(S(=O)(=O)N(Cc2cccnc2)C2CC(=O)N(c3ccc(C#N)cc3)C2=O)cc1. The van der Waals surface area contributed by atoms with E-state index in [9.17, 15) is 18.0 Å². The Morgan fingerprint density at radius 2 is 1.82 bits per heavy atom. The summed E-state index contributed by atoms with van der Waals surface area (Å²) in [6.45, 7) is -0.146. The number of hydrogen-bond donors (Lipinski definition) is 0. The molecule has 1 aliphatic rings. The third kappa shape index (κ3) is 4.39. The second kappa shape index (κ2) is 9.43. The van der Waals surface area contributed by atoms with Crippen molar-refractivity contribution in [3.8, 4) is 11.8 Å². The Morgan fingerprint density at radius 1 is 1.12 bits per heavy atom. The lowest BCUT2D eigenvalue weighted by Crippen LogP contribution is -2.45. The molecule has 1 aromatic heterocycles. The van der Waals surface area contributed by atoms with E-state index in [2.05, 4.69) is 4.98 Å². The molecule has 2 heterocycles. The molecule has 10 heteroatoms. The van der Waals surface area contributed by atoms with Crippen LogP contribution in [0.1, 0.15) is 17.5 Å². The number of nitrogens with zero attached hydrogens (tertiary/aromatic N) is 4. The van der Waals surface area contributed by atoms with E-state index in [1.54, 1.807) is 18.3 Å². The molecule has 172 valence electrons.